The molecular formula is C15H13N3O2S. The molecule has 0 spiro atoms. The Bertz CT molecular complexity index is 799. The molecule has 0 bridgehead atoms. The van der Waals surface area contributed by atoms with E-state index in [-0.39, 0.29) is 6.54 Å². The van der Waals surface area contributed by atoms with Gasteiger partial charge in [-0.2, -0.15) is 4.98 Å². The van der Waals surface area contributed by atoms with Crippen molar-refractivity contribution in [2.45, 2.75) is 6.92 Å². The van der Waals surface area contributed by atoms with Gasteiger partial charge in [-0.25, -0.2) is 4.98 Å². The van der Waals surface area contributed by atoms with Crippen LogP contribution >= 0.6 is 11.3 Å². The number of rotatable bonds is 4. The van der Waals surface area contributed by atoms with Gasteiger partial charge >= 0.3 is 0 Å². The Morgan fingerprint density at radius 1 is 1.29 bits per heavy atom. The summed E-state index contributed by atoms with van der Waals surface area (Å²) in [5.74, 6) is 0.173. The maximum Gasteiger partial charge on any atom is 0.236 e. The maximum absolute atomic E-state index is 10.6. The fourth-order valence-electron chi connectivity index (χ4n) is 2.13. The topological polar surface area (TPSA) is 82.5 Å². The Kier molecular flexibility index (Phi) is 3.64. The first-order valence-electron chi connectivity index (χ1n) is 6.50. The van der Waals surface area contributed by atoms with E-state index in [1.165, 1.54) is 0 Å². The molecule has 106 valence electrons. The standard InChI is InChI=1S/C15H13N3O2S/c1-9-17-14(16-8-13(19)20)11-7-12(21-15(11)18-9)10-5-3-2-4-6-10/h2-7H,8H2,1H3,(H,19,20)(H,16,17,18). The molecule has 2 heterocycles. The van der Waals surface area contributed by atoms with Crippen molar-refractivity contribution in [2.24, 2.45) is 0 Å². The molecule has 0 radical (unpaired) electrons. The number of carboxylic acid groups (broad SMARTS) is 1. The molecule has 0 saturated heterocycles. The van der Waals surface area contributed by atoms with Crippen LogP contribution in [-0.2, 0) is 4.79 Å². The Hall–Kier alpha value is -2.31. The van der Waals surface area contributed by atoms with Crippen LogP contribution in [0.3, 0.4) is 0 Å². The third-order valence-corrected chi connectivity index (χ3v) is 4.13. The van der Waals surface area contributed by atoms with Crippen LogP contribution in [0.1, 0.15) is 5.82 Å². The third kappa shape index (κ3) is 2.91. The van der Waals surface area contributed by atoms with Gasteiger partial charge < -0.3 is 9.90 Å². The summed E-state index contributed by atoms with van der Waals surface area (Å²) in [6, 6.07) is 12.0. The summed E-state index contributed by atoms with van der Waals surface area (Å²) in [6.45, 7) is 1.65. The van der Waals surface area contributed by atoms with Crippen molar-refractivity contribution in [1.82, 2.24) is 9.97 Å². The Morgan fingerprint density at radius 3 is 2.76 bits per heavy atom. The van der Waals surface area contributed by atoms with Crippen LogP contribution in [0.4, 0.5) is 5.82 Å². The number of fused-ring (bicyclic) bond motifs is 1. The summed E-state index contributed by atoms with van der Waals surface area (Å²) in [5.41, 5.74) is 1.11. The summed E-state index contributed by atoms with van der Waals surface area (Å²) < 4.78 is 0. The SMILES string of the molecule is Cc1nc([NH2+]CC(=O)[O-])c2cc(-c3ccccc3)sc2n1. The average Bonchev–Trinajstić information content (AvgIpc) is 2.89. The van der Waals surface area contributed by atoms with E-state index in [9.17, 15) is 9.90 Å². The highest BCUT2D eigenvalue weighted by Crippen LogP contribution is 2.34. The minimum absolute atomic E-state index is 0.151. The van der Waals surface area contributed by atoms with Crippen molar-refractivity contribution >= 4 is 33.3 Å². The van der Waals surface area contributed by atoms with E-state index in [0.717, 1.165) is 20.7 Å². The molecule has 0 atom stereocenters. The number of hydrogen-bond acceptors (Lipinski definition) is 5. The summed E-state index contributed by atoms with van der Waals surface area (Å²) in [5, 5.41) is 13.1. The summed E-state index contributed by atoms with van der Waals surface area (Å²) in [6.07, 6.45) is 0. The fourth-order valence-corrected chi connectivity index (χ4v) is 3.22. The van der Waals surface area contributed by atoms with Gasteiger partial charge in [0, 0.05) is 4.88 Å². The number of thiophene rings is 1. The molecule has 2 N–H and O–H groups in total. The molecule has 1 aromatic carbocycles. The number of nitrogens with zero attached hydrogens (tertiary/aromatic N) is 2. The number of nitrogens with two attached hydrogens (primary N) is 1. The zero-order valence-electron chi connectivity index (χ0n) is 11.4. The van der Waals surface area contributed by atoms with Gasteiger partial charge in [0.15, 0.2) is 0 Å². The minimum atomic E-state index is -1.11. The number of aliphatic carboxylic acids is 1. The molecule has 2 aromatic heterocycles. The van der Waals surface area contributed by atoms with Gasteiger partial charge in [0.2, 0.25) is 5.82 Å². The van der Waals surface area contributed by atoms with Crippen molar-refractivity contribution in [1.29, 1.82) is 0 Å². The molecule has 3 rings (SSSR count). The highest BCUT2D eigenvalue weighted by atomic mass is 32.1. The molecule has 0 saturated carbocycles. The van der Waals surface area contributed by atoms with Gasteiger partial charge in [-0.1, -0.05) is 30.3 Å². The summed E-state index contributed by atoms with van der Waals surface area (Å²) >= 11 is 1.58. The van der Waals surface area contributed by atoms with E-state index in [1.807, 2.05) is 36.4 Å². The number of aromatic nitrogens is 2. The first-order valence-corrected chi connectivity index (χ1v) is 7.32. The van der Waals surface area contributed by atoms with Crippen molar-refractivity contribution < 1.29 is 15.2 Å². The first kappa shape index (κ1) is 13.7. The number of aryl methyl sites for hydroxylation is 1. The number of quaternary nitrogens is 1. The van der Waals surface area contributed by atoms with Crippen molar-refractivity contribution in [3.63, 3.8) is 0 Å². The molecule has 0 amide bonds. The van der Waals surface area contributed by atoms with Crippen LogP contribution in [0.5, 0.6) is 0 Å². The molecular weight excluding hydrogens is 286 g/mol. The molecule has 0 aliphatic carbocycles. The average molecular weight is 299 g/mol. The van der Waals surface area contributed by atoms with Crippen LogP contribution in [-0.4, -0.2) is 22.5 Å². The molecule has 21 heavy (non-hydrogen) atoms. The molecule has 0 aliphatic heterocycles. The van der Waals surface area contributed by atoms with E-state index >= 15 is 0 Å². The zero-order valence-corrected chi connectivity index (χ0v) is 12.2. The highest BCUT2D eigenvalue weighted by molar-refractivity contribution is 7.21. The minimum Gasteiger partial charge on any atom is -0.544 e. The second-order valence-corrected chi connectivity index (χ2v) is 5.66. The van der Waals surface area contributed by atoms with Crippen LogP contribution in [0.25, 0.3) is 20.7 Å². The third-order valence-electron chi connectivity index (χ3n) is 3.05. The van der Waals surface area contributed by atoms with Crippen molar-refractivity contribution in [2.75, 3.05) is 6.54 Å². The molecule has 3 aromatic rings. The number of carbonyl (C=O) groups is 1. The quantitative estimate of drug-likeness (QED) is 0.765. The van der Waals surface area contributed by atoms with Crippen LogP contribution < -0.4 is 10.4 Å². The van der Waals surface area contributed by atoms with E-state index < -0.39 is 5.97 Å². The van der Waals surface area contributed by atoms with Gasteiger partial charge in [-0.05, 0) is 18.6 Å². The number of carboxylic acids is 1. The Balaban J connectivity index is 2.08. The predicted octanol–water partition coefficient (Wildman–Crippen LogP) is 0.612. The highest BCUT2D eigenvalue weighted by Gasteiger charge is 2.14. The van der Waals surface area contributed by atoms with E-state index in [1.54, 1.807) is 23.6 Å². The predicted molar refractivity (Wildman–Crippen MR) is 79.0 cm³/mol. The monoisotopic (exact) mass is 299 g/mol. The summed E-state index contributed by atoms with van der Waals surface area (Å²) in [4.78, 5) is 21.4. The molecule has 0 unspecified atom stereocenters. The van der Waals surface area contributed by atoms with Crippen LogP contribution in [0.15, 0.2) is 36.4 Å². The van der Waals surface area contributed by atoms with Crippen molar-refractivity contribution in [3.05, 3.63) is 42.2 Å². The van der Waals surface area contributed by atoms with Crippen LogP contribution in [0, 0.1) is 6.92 Å². The Morgan fingerprint density at radius 2 is 2.05 bits per heavy atom. The van der Waals surface area contributed by atoms with Gasteiger partial charge in [0.1, 0.15) is 17.2 Å². The largest absolute Gasteiger partial charge is 0.544 e. The number of benzene rings is 1. The molecule has 6 heteroatoms. The maximum atomic E-state index is 10.6. The Labute approximate surface area is 125 Å². The lowest BCUT2D eigenvalue weighted by Crippen LogP contribution is -2.81. The second kappa shape index (κ2) is 5.59. The van der Waals surface area contributed by atoms with E-state index in [2.05, 4.69) is 9.97 Å². The van der Waals surface area contributed by atoms with E-state index in [0.29, 0.717) is 11.6 Å². The zero-order chi connectivity index (χ0) is 14.8. The number of carbonyl (C=O) groups excluding carboxylic acids is 1. The number of hydrogen-bond donors (Lipinski definition) is 1. The first-order chi connectivity index (χ1) is 10.1. The van der Waals surface area contributed by atoms with Gasteiger partial charge in [0.25, 0.3) is 0 Å². The normalized spacial score (nSPS) is 10.9. The fraction of sp³-hybridized carbons (Fsp3) is 0.133. The smallest absolute Gasteiger partial charge is 0.236 e. The summed E-state index contributed by atoms with van der Waals surface area (Å²) in [7, 11) is 0. The lowest BCUT2D eigenvalue weighted by atomic mass is 10.2. The van der Waals surface area contributed by atoms with Crippen LogP contribution in [0.2, 0.25) is 0 Å². The second-order valence-electron chi connectivity index (χ2n) is 4.63. The van der Waals surface area contributed by atoms with Gasteiger partial charge in [-0.3, -0.25) is 5.32 Å². The molecule has 0 aliphatic rings. The van der Waals surface area contributed by atoms with Gasteiger partial charge in [0.05, 0.1) is 11.4 Å². The van der Waals surface area contributed by atoms with Gasteiger partial charge in [-0.15, -0.1) is 11.3 Å². The lowest BCUT2D eigenvalue weighted by Gasteiger charge is -2.02. The lowest BCUT2D eigenvalue weighted by molar-refractivity contribution is -0.571. The van der Waals surface area contributed by atoms with E-state index in [4.69, 9.17) is 0 Å². The van der Waals surface area contributed by atoms with Crippen molar-refractivity contribution in [3.8, 4) is 10.4 Å². The molecule has 0 fully saturated rings. The molecule has 5 nitrogen and oxygen atoms in total.